The van der Waals surface area contributed by atoms with Gasteiger partial charge in [-0.15, -0.1) is 0 Å². The van der Waals surface area contributed by atoms with Crippen molar-refractivity contribution in [2.45, 2.75) is 45.1 Å². The Morgan fingerprint density at radius 1 is 1.13 bits per heavy atom. The van der Waals surface area contributed by atoms with Gasteiger partial charge in [-0.2, -0.15) is 12.0 Å². The predicted octanol–water partition coefficient (Wildman–Crippen LogP) is 6.59. The number of carboxylic acids is 1. The van der Waals surface area contributed by atoms with E-state index in [9.17, 15) is 14.4 Å². The maximum absolute atomic E-state index is 13.2. The number of hydrogen-bond donors (Lipinski definition) is 1. The van der Waals surface area contributed by atoms with Gasteiger partial charge in [-0.1, -0.05) is 37.3 Å². The summed E-state index contributed by atoms with van der Waals surface area (Å²) in [5.74, 6) is -1.23. The summed E-state index contributed by atoms with van der Waals surface area (Å²) < 4.78 is 11.5. The van der Waals surface area contributed by atoms with Crippen molar-refractivity contribution in [2.24, 2.45) is 5.92 Å². The van der Waals surface area contributed by atoms with E-state index in [1.807, 2.05) is 0 Å². The second kappa shape index (κ2) is 16.0. The molecule has 1 aliphatic rings. The molecule has 0 radical (unpaired) electrons. The van der Waals surface area contributed by atoms with Gasteiger partial charge in [0, 0.05) is 21.7 Å². The van der Waals surface area contributed by atoms with E-state index >= 15 is 0 Å². The van der Waals surface area contributed by atoms with Gasteiger partial charge < -0.3 is 27.2 Å². The van der Waals surface area contributed by atoms with Crippen LogP contribution in [0.15, 0.2) is 42.5 Å². The second-order valence-corrected chi connectivity index (χ2v) is 9.41. The number of esters is 1. The van der Waals surface area contributed by atoms with Crippen LogP contribution in [0.2, 0.25) is 5.02 Å². The van der Waals surface area contributed by atoms with Crippen molar-refractivity contribution in [3.63, 3.8) is 0 Å². The average molecular weight is 758 g/mol. The van der Waals surface area contributed by atoms with Crippen LogP contribution in [-0.2, 0) is 39.5 Å². The molecule has 8 nitrogen and oxygen atoms in total. The minimum absolute atomic E-state index is 0.142. The van der Waals surface area contributed by atoms with Crippen LogP contribution in [0.25, 0.3) is 16.6 Å². The van der Waals surface area contributed by atoms with Crippen LogP contribution in [0.4, 0.5) is 0 Å². The third-order valence-corrected chi connectivity index (χ3v) is 6.67. The summed E-state index contributed by atoms with van der Waals surface area (Å²) in [6.45, 7) is 4.89. The van der Waals surface area contributed by atoms with E-state index in [4.69, 9.17) is 31.9 Å². The summed E-state index contributed by atoms with van der Waals surface area (Å²) in [6, 6.07) is 11.8. The number of halogens is 2. The molecule has 0 bridgehead atoms. The molecule has 2 aromatic carbocycles. The van der Waals surface area contributed by atoms with Crippen LogP contribution < -0.4 is 4.74 Å². The number of hydrogen-bond acceptors (Lipinski definition) is 5. The zero-order chi connectivity index (χ0) is 29.1. The molecule has 215 valence electrons. The number of nitrogens with zero attached hydrogens (tertiary/aromatic N) is 1. The number of aromatic nitrogens is 1. The van der Waals surface area contributed by atoms with Crippen molar-refractivity contribution < 1.29 is 47.7 Å². The Bertz CT molecular complexity index is 1270. The number of nitrogens with one attached hydrogen (secondary N) is 1. The van der Waals surface area contributed by atoms with Gasteiger partial charge in [0.1, 0.15) is 5.75 Å². The first-order valence-corrected chi connectivity index (χ1v) is 15.3. The molecule has 1 aliphatic carbocycles. The van der Waals surface area contributed by atoms with Gasteiger partial charge in [-0.05, 0) is 55.0 Å². The normalized spacial score (nSPS) is 16.3. The fourth-order valence-corrected chi connectivity index (χ4v) is 4.47. The van der Waals surface area contributed by atoms with Crippen LogP contribution in [-0.4, -0.2) is 47.3 Å². The third kappa shape index (κ3) is 9.07. The van der Waals surface area contributed by atoms with Gasteiger partial charge in [0.2, 0.25) is 0 Å². The number of methoxy groups -OCH3 is 1. The summed E-state index contributed by atoms with van der Waals surface area (Å²) in [5, 5.41) is 9.86. The van der Waals surface area contributed by atoms with E-state index in [2.05, 4.69) is 16.3 Å². The molecule has 0 amide bonds. The Morgan fingerprint density at radius 3 is 2.31 bits per heavy atom. The van der Waals surface area contributed by atoms with Crippen molar-refractivity contribution in [2.75, 3.05) is 13.7 Å². The predicted molar refractivity (Wildman–Crippen MR) is 148 cm³/mol. The van der Waals surface area contributed by atoms with Gasteiger partial charge in [0.25, 0.3) is 5.91 Å². The summed E-state index contributed by atoms with van der Waals surface area (Å²) in [6.07, 6.45) is 4.62. The van der Waals surface area contributed by atoms with Crippen LogP contribution in [0, 0.1) is 19.8 Å². The number of rotatable bonds is 6. The Kier molecular flexibility index (Phi) is 13.5. The number of benzene rings is 2. The van der Waals surface area contributed by atoms with Gasteiger partial charge in [-0.25, -0.2) is 4.79 Å². The molecule has 0 spiro atoms. The molecule has 39 heavy (non-hydrogen) atoms. The van der Waals surface area contributed by atoms with Crippen molar-refractivity contribution >= 4 is 49.8 Å². The molecule has 2 N–H and O–H groups in total. The van der Waals surface area contributed by atoms with E-state index in [1.54, 1.807) is 68.2 Å². The minimum atomic E-state index is -1.24. The zero-order valence-corrected chi connectivity index (χ0v) is 25.4. The number of fused-ring (bicyclic) bond motifs is 1. The number of carbonyl (C=O) groups excluding carboxylic acids is 2. The number of carbonyl (C=O) groups is 3. The quantitative estimate of drug-likeness (QED) is 0.224. The van der Waals surface area contributed by atoms with E-state index < -0.39 is 18.5 Å². The fourth-order valence-electron chi connectivity index (χ4n) is 4.34. The molecule has 1 heterocycles. The first-order valence-electron chi connectivity index (χ1n) is 12.1. The molecule has 4 rings (SSSR count). The van der Waals surface area contributed by atoms with E-state index in [-0.39, 0.29) is 18.4 Å². The van der Waals surface area contributed by atoms with E-state index in [1.165, 1.54) is 30.9 Å². The molecule has 11 heteroatoms. The van der Waals surface area contributed by atoms with Crippen LogP contribution in [0.5, 0.6) is 5.75 Å². The molecule has 1 saturated carbocycles. The topological polar surface area (TPSA) is 119 Å². The average Bonchev–Trinajstić information content (AvgIpc) is 3.20. The third-order valence-electron chi connectivity index (χ3n) is 6.42. The summed E-state index contributed by atoms with van der Waals surface area (Å²) in [4.78, 5) is 35.9. The zero-order valence-electron chi connectivity index (χ0n) is 21.7. The molecular weight excluding hydrogens is 726 g/mol. The Hall–Kier alpha value is -2.38. The van der Waals surface area contributed by atoms with Crippen LogP contribution in [0.1, 0.15) is 47.3 Å². The SMILES string of the molecule is COc1ccc2c(c1)c(CC(=O)OCC(=O)O)c(C)n2C(=O)c1ccc(Cl)cc1.[CH2-]C1CCCCC1[NH-].[Cl][Pt]. The first kappa shape index (κ1) is 32.8. The van der Waals surface area contributed by atoms with E-state index in [0.717, 1.165) is 6.42 Å². The molecule has 3 aromatic rings. The van der Waals surface area contributed by atoms with Crippen LogP contribution >= 0.6 is 21.0 Å². The molecule has 0 saturated heterocycles. The van der Waals surface area contributed by atoms with Crippen molar-refractivity contribution in [3.05, 3.63) is 77.0 Å². The Balaban J connectivity index is 0.000000451. The molecule has 2 unspecified atom stereocenters. The van der Waals surface area contributed by atoms with Gasteiger partial charge in [0.05, 0.1) is 19.0 Å². The molecular formula is C28H31Cl2N2O6Pt-2. The number of aliphatic carboxylic acids is 1. The maximum atomic E-state index is 13.2. The van der Waals surface area contributed by atoms with Crippen molar-refractivity contribution in [1.82, 2.24) is 4.57 Å². The number of carboxylic acid groups (broad SMARTS) is 1. The summed E-state index contributed by atoms with van der Waals surface area (Å²) in [7, 11) is 6.13. The van der Waals surface area contributed by atoms with E-state index in [0.29, 0.717) is 44.4 Å². The first-order chi connectivity index (χ1) is 18.6. The fraction of sp³-hybridized carbons (Fsp3) is 0.357. The Labute approximate surface area is 248 Å². The van der Waals surface area contributed by atoms with Gasteiger partial charge >= 0.3 is 40.1 Å². The van der Waals surface area contributed by atoms with Crippen LogP contribution in [0.3, 0.4) is 0 Å². The number of ether oxygens (including phenoxy) is 2. The molecule has 2 atom stereocenters. The van der Waals surface area contributed by atoms with Gasteiger partial charge in [-0.3, -0.25) is 14.2 Å². The monoisotopic (exact) mass is 756 g/mol. The summed E-state index contributed by atoms with van der Waals surface area (Å²) in [5.41, 5.74) is 9.57. The molecule has 1 aromatic heterocycles. The Morgan fingerprint density at radius 2 is 1.77 bits per heavy atom. The van der Waals surface area contributed by atoms with Crippen molar-refractivity contribution in [3.8, 4) is 5.75 Å². The standard InChI is InChI=1S/C21H18ClNO6.C7H13N.ClH.Pt/c1-12-16(10-20(26)29-11-19(24)25)17-9-15(28-2)7-8-18(17)23(12)21(27)13-3-5-14(22)6-4-13;1-6-4-2-3-5-7(6)8;;/h3-9H,10-11H2,1-2H3,(H,24,25);6-8H,1-5H2;1H;/q;-2;;+1/p-1. The van der Waals surface area contributed by atoms with Crippen molar-refractivity contribution in [1.29, 1.82) is 0 Å². The molecule has 0 aliphatic heterocycles. The molecule has 1 fully saturated rings. The second-order valence-electron chi connectivity index (χ2n) is 8.98. The summed E-state index contributed by atoms with van der Waals surface area (Å²) >= 11 is 7.52. The van der Waals surface area contributed by atoms with Gasteiger partial charge in [0.15, 0.2) is 6.61 Å².